The number of hydrogen-bond acceptors (Lipinski definition) is 8. The number of thioether (sulfide) groups is 1. The van der Waals surface area contributed by atoms with Crippen LogP contribution in [-0.4, -0.2) is 90.2 Å². The summed E-state index contributed by atoms with van der Waals surface area (Å²) >= 11 is 1.22. The number of hydrogen-bond donors (Lipinski definition) is 2. The lowest BCUT2D eigenvalue weighted by Crippen LogP contribution is -2.73. The maximum Gasteiger partial charge on any atom is 0.352 e. The smallest absolute Gasteiger partial charge is 0.352 e. The Labute approximate surface area is 169 Å². The van der Waals surface area contributed by atoms with Crippen LogP contribution in [0.5, 0.6) is 0 Å². The second-order valence-electron chi connectivity index (χ2n) is 7.01. The van der Waals surface area contributed by atoms with Crippen LogP contribution in [0.4, 0.5) is 0 Å². The van der Waals surface area contributed by atoms with E-state index >= 15 is 0 Å². The van der Waals surface area contributed by atoms with Gasteiger partial charge in [0.25, 0.3) is 5.91 Å². The molecule has 0 bridgehead atoms. The van der Waals surface area contributed by atoms with Gasteiger partial charge in [-0.1, -0.05) is 11.8 Å². The Morgan fingerprint density at radius 3 is 2.76 bits per heavy atom. The van der Waals surface area contributed by atoms with Crippen LogP contribution < -0.4 is 5.32 Å². The number of rotatable bonds is 6. The van der Waals surface area contributed by atoms with Crippen LogP contribution >= 0.6 is 11.8 Å². The van der Waals surface area contributed by atoms with Crippen molar-refractivity contribution >= 4 is 35.5 Å². The first-order chi connectivity index (χ1) is 13.8. The molecular weight excluding hydrogens is 402 g/mol. The molecular formula is C16H19N7O5S. The fourth-order valence-corrected chi connectivity index (χ4v) is 5.28. The molecule has 0 spiro atoms. The zero-order valence-corrected chi connectivity index (χ0v) is 16.5. The highest BCUT2D eigenvalue weighted by Crippen LogP contribution is 2.49. The topological polar surface area (TPSA) is 151 Å². The van der Waals surface area contributed by atoms with Crippen LogP contribution in [0.25, 0.3) is 0 Å². The number of carbonyl (C=O) groups is 4. The van der Waals surface area contributed by atoms with Gasteiger partial charge >= 0.3 is 5.97 Å². The molecule has 3 atom stereocenters. The minimum absolute atomic E-state index is 0.00974. The van der Waals surface area contributed by atoms with Crippen molar-refractivity contribution in [3.05, 3.63) is 11.3 Å². The van der Waals surface area contributed by atoms with Crippen molar-refractivity contribution in [1.29, 1.82) is 0 Å². The third kappa shape index (κ3) is 2.96. The van der Waals surface area contributed by atoms with E-state index in [0.717, 1.165) is 0 Å². The van der Waals surface area contributed by atoms with Gasteiger partial charge in [0.15, 0.2) is 0 Å². The van der Waals surface area contributed by atoms with Gasteiger partial charge in [-0.05, 0) is 22.4 Å². The highest BCUT2D eigenvalue weighted by molar-refractivity contribution is 7.99. The second kappa shape index (κ2) is 7.13. The summed E-state index contributed by atoms with van der Waals surface area (Å²) in [5.74, 6) is -1.82. The Morgan fingerprint density at radius 2 is 2.10 bits per heavy atom. The van der Waals surface area contributed by atoms with Crippen LogP contribution in [0.15, 0.2) is 16.4 Å². The van der Waals surface area contributed by atoms with Crippen molar-refractivity contribution in [2.45, 2.75) is 37.1 Å². The first-order valence-electron chi connectivity index (χ1n) is 9.01. The van der Waals surface area contributed by atoms with E-state index in [1.807, 2.05) is 0 Å². The molecule has 4 rings (SSSR count). The molecule has 0 aliphatic carbocycles. The van der Waals surface area contributed by atoms with E-state index in [4.69, 9.17) is 0 Å². The molecule has 4 heterocycles. The molecule has 2 saturated heterocycles. The fraction of sp³-hybridized carbons (Fsp3) is 0.562. The van der Waals surface area contributed by atoms with Crippen molar-refractivity contribution in [3.8, 4) is 0 Å². The molecule has 2 fully saturated rings. The number of piperidine rings is 1. The van der Waals surface area contributed by atoms with Gasteiger partial charge in [0.2, 0.25) is 17.0 Å². The van der Waals surface area contributed by atoms with Crippen LogP contribution in [0.2, 0.25) is 0 Å². The average Bonchev–Trinajstić information content (AvgIpc) is 3.25. The van der Waals surface area contributed by atoms with Crippen molar-refractivity contribution in [3.63, 3.8) is 0 Å². The van der Waals surface area contributed by atoms with E-state index in [1.54, 1.807) is 0 Å². The molecule has 1 aromatic rings. The molecule has 2 N–H and O–H groups in total. The number of carboxylic acid groups (broad SMARTS) is 1. The molecule has 154 valence electrons. The summed E-state index contributed by atoms with van der Waals surface area (Å²) in [5, 5.41) is 23.9. The quantitative estimate of drug-likeness (QED) is 0.405. The average molecular weight is 421 g/mol. The fourth-order valence-electron chi connectivity index (χ4n) is 4.30. The van der Waals surface area contributed by atoms with E-state index < -0.39 is 12.0 Å². The monoisotopic (exact) mass is 421 g/mol. The molecule has 29 heavy (non-hydrogen) atoms. The predicted octanol–water partition coefficient (Wildman–Crippen LogP) is -1.69. The molecule has 1 aromatic heterocycles. The zero-order valence-electron chi connectivity index (χ0n) is 15.7. The SMILES string of the molecule is CNC(=O)Cn1nnnc1SCC1=C(C(=O)O)N2C(=O)[C@@H]3[C@H]2C1CCN3C(C)=O. The summed E-state index contributed by atoms with van der Waals surface area (Å²) in [4.78, 5) is 50.8. The van der Waals surface area contributed by atoms with Gasteiger partial charge in [-0.3, -0.25) is 19.3 Å². The number of carboxylic acids is 1. The molecule has 3 aliphatic rings. The number of aromatic nitrogens is 4. The van der Waals surface area contributed by atoms with Gasteiger partial charge in [0.05, 0.1) is 6.04 Å². The zero-order chi connectivity index (χ0) is 20.9. The van der Waals surface area contributed by atoms with Crippen molar-refractivity contribution < 1.29 is 24.3 Å². The van der Waals surface area contributed by atoms with Crippen molar-refractivity contribution in [2.75, 3.05) is 19.3 Å². The largest absolute Gasteiger partial charge is 0.477 e. The molecule has 3 amide bonds. The van der Waals surface area contributed by atoms with Gasteiger partial charge in [0, 0.05) is 32.2 Å². The molecule has 0 aromatic carbocycles. The lowest BCUT2D eigenvalue weighted by molar-refractivity contribution is -0.168. The second-order valence-corrected chi connectivity index (χ2v) is 7.95. The number of amides is 3. The van der Waals surface area contributed by atoms with E-state index in [9.17, 15) is 24.3 Å². The predicted molar refractivity (Wildman–Crippen MR) is 97.2 cm³/mol. The van der Waals surface area contributed by atoms with Crippen molar-refractivity contribution in [2.24, 2.45) is 5.92 Å². The number of nitrogens with one attached hydrogen (secondary N) is 1. The van der Waals surface area contributed by atoms with E-state index in [0.29, 0.717) is 23.7 Å². The maximum absolute atomic E-state index is 12.6. The van der Waals surface area contributed by atoms with Crippen LogP contribution in [0.3, 0.4) is 0 Å². The molecule has 3 aliphatic heterocycles. The molecule has 13 heteroatoms. The first-order valence-corrected chi connectivity index (χ1v) is 9.99. The number of tetrazole rings is 1. The van der Waals surface area contributed by atoms with Crippen LogP contribution in [0.1, 0.15) is 13.3 Å². The van der Waals surface area contributed by atoms with Gasteiger partial charge in [-0.2, -0.15) is 0 Å². The first kappa shape index (κ1) is 19.4. The molecule has 12 nitrogen and oxygen atoms in total. The Bertz CT molecular complexity index is 944. The van der Waals surface area contributed by atoms with Gasteiger partial charge in [0.1, 0.15) is 18.3 Å². The minimum atomic E-state index is -1.17. The molecule has 0 saturated carbocycles. The lowest BCUT2D eigenvalue weighted by atomic mass is 9.78. The molecule has 1 unspecified atom stereocenters. The summed E-state index contributed by atoms with van der Waals surface area (Å²) < 4.78 is 1.33. The summed E-state index contributed by atoms with van der Waals surface area (Å²) in [7, 11) is 1.51. The maximum atomic E-state index is 12.6. The lowest BCUT2D eigenvalue weighted by Gasteiger charge is -2.53. The Hall–Kier alpha value is -2.96. The van der Waals surface area contributed by atoms with E-state index in [1.165, 1.54) is 40.2 Å². The van der Waals surface area contributed by atoms with Gasteiger partial charge in [-0.15, -0.1) is 5.10 Å². The normalized spacial score (nSPS) is 25.0. The minimum Gasteiger partial charge on any atom is -0.477 e. The van der Waals surface area contributed by atoms with Gasteiger partial charge in [-0.25, -0.2) is 9.48 Å². The summed E-state index contributed by atoms with van der Waals surface area (Å²) in [6, 6.07) is -0.926. The third-order valence-corrected chi connectivity index (χ3v) is 6.57. The molecule has 0 radical (unpaired) electrons. The number of β-lactam (4-membered cyclic amide) rings is 1. The van der Waals surface area contributed by atoms with Gasteiger partial charge < -0.3 is 15.3 Å². The summed E-state index contributed by atoms with van der Waals surface area (Å²) in [5.41, 5.74) is 0.630. The Balaban J connectivity index is 1.57. The summed E-state index contributed by atoms with van der Waals surface area (Å²) in [6.45, 7) is 1.78. The Kier molecular flexibility index (Phi) is 4.76. The number of carbonyl (C=O) groups excluding carboxylic acids is 3. The standard InChI is InChI=1S/C16H19N7O5S/c1-7(24)21-4-3-8-9(12(15(27)28)23-11(8)13(21)14(23)26)6-29-16-18-19-20-22(16)5-10(25)17-2/h8,11,13H,3-6H2,1-2H3,(H,17,25)(H,27,28)/t8?,11-,13+/m1/s1. The van der Waals surface area contributed by atoms with Crippen LogP contribution in [0, 0.1) is 5.92 Å². The number of nitrogens with zero attached hydrogens (tertiary/aromatic N) is 6. The number of aliphatic carboxylic acids is 1. The van der Waals surface area contributed by atoms with Crippen molar-refractivity contribution in [1.82, 2.24) is 35.3 Å². The highest BCUT2D eigenvalue weighted by atomic mass is 32.2. The van der Waals surface area contributed by atoms with E-state index in [-0.39, 0.29) is 47.7 Å². The van der Waals surface area contributed by atoms with E-state index in [2.05, 4.69) is 20.8 Å². The Morgan fingerprint density at radius 1 is 1.34 bits per heavy atom. The van der Waals surface area contributed by atoms with Crippen LogP contribution in [-0.2, 0) is 25.7 Å². The number of likely N-dealkylation sites (N-methyl/N-ethyl adjacent to an activating group) is 1. The summed E-state index contributed by atoms with van der Waals surface area (Å²) in [6.07, 6.45) is 0.584. The number of likely N-dealkylation sites (tertiary alicyclic amines) is 1. The third-order valence-electron chi connectivity index (χ3n) is 5.57. The highest BCUT2D eigenvalue weighted by Gasteiger charge is 2.63.